The molecule has 0 fully saturated rings. The molecule has 100 valence electrons. The molecular formula is C11H10Cl2FN5. The van der Waals surface area contributed by atoms with Crippen LogP contribution in [0, 0.1) is 5.82 Å². The molecule has 1 N–H and O–H groups in total. The van der Waals surface area contributed by atoms with E-state index in [9.17, 15) is 4.39 Å². The molecule has 0 aliphatic heterocycles. The van der Waals surface area contributed by atoms with E-state index in [1.165, 1.54) is 18.2 Å². The van der Waals surface area contributed by atoms with E-state index in [2.05, 4.69) is 20.3 Å². The van der Waals surface area contributed by atoms with Crippen LogP contribution in [-0.2, 0) is 0 Å². The van der Waals surface area contributed by atoms with Crippen molar-refractivity contribution in [2.45, 2.75) is 0 Å². The summed E-state index contributed by atoms with van der Waals surface area (Å²) in [4.78, 5) is 13.7. The van der Waals surface area contributed by atoms with Crippen LogP contribution in [-0.4, -0.2) is 29.0 Å². The van der Waals surface area contributed by atoms with Crippen molar-refractivity contribution >= 4 is 40.8 Å². The lowest BCUT2D eigenvalue weighted by Gasteiger charge is -2.12. The number of rotatable bonds is 3. The normalized spacial score (nSPS) is 10.4. The standard InChI is InChI=1S/C11H10Cl2FN5/c1-19(2)11-17-9(13)16-10(18-11)15-8-4-3-6(14)5-7(8)12/h3-5H,1-2H3,(H,15,16,17,18). The maximum Gasteiger partial charge on any atom is 0.233 e. The highest BCUT2D eigenvalue weighted by molar-refractivity contribution is 6.33. The van der Waals surface area contributed by atoms with Crippen LogP contribution in [0.3, 0.4) is 0 Å². The first-order valence-corrected chi connectivity index (χ1v) is 6.02. The van der Waals surface area contributed by atoms with Gasteiger partial charge in [0.05, 0.1) is 10.7 Å². The van der Waals surface area contributed by atoms with Gasteiger partial charge in [-0.25, -0.2) is 4.39 Å². The number of halogens is 3. The molecular weight excluding hydrogens is 292 g/mol. The van der Waals surface area contributed by atoms with Crippen LogP contribution in [0.1, 0.15) is 0 Å². The summed E-state index contributed by atoms with van der Waals surface area (Å²) in [6, 6.07) is 3.97. The number of hydrogen-bond acceptors (Lipinski definition) is 5. The average molecular weight is 302 g/mol. The van der Waals surface area contributed by atoms with Crippen molar-refractivity contribution in [3.63, 3.8) is 0 Å². The van der Waals surface area contributed by atoms with E-state index in [4.69, 9.17) is 23.2 Å². The average Bonchev–Trinajstić information content (AvgIpc) is 2.32. The molecule has 0 bridgehead atoms. The fourth-order valence-electron chi connectivity index (χ4n) is 1.31. The molecule has 1 aromatic carbocycles. The predicted molar refractivity (Wildman–Crippen MR) is 73.9 cm³/mol. The van der Waals surface area contributed by atoms with Crippen molar-refractivity contribution in [2.75, 3.05) is 24.3 Å². The monoisotopic (exact) mass is 301 g/mol. The van der Waals surface area contributed by atoms with E-state index in [0.29, 0.717) is 11.6 Å². The van der Waals surface area contributed by atoms with Crippen LogP contribution >= 0.6 is 23.2 Å². The van der Waals surface area contributed by atoms with E-state index >= 15 is 0 Å². The molecule has 1 heterocycles. The highest BCUT2D eigenvalue weighted by Gasteiger charge is 2.09. The van der Waals surface area contributed by atoms with Crippen LogP contribution in [0.2, 0.25) is 10.3 Å². The van der Waals surface area contributed by atoms with Crippen molar-refractivity contribution in [3.05, 3.63) is 34.3 Å². The molecule has 0 saturated heterocycles. The first-order chi connectivity index (χ1) is 8.95. The Kier molecular flexibility index (Phi) is 4.01. The molecule has 0 radical (unpaired) electrons. The Morgan fingerprint density at radius 3 is 2.53 bits per heavy atom. The second-order valence-electron chi connectivity index (χ2n) is 3.87. The van der Waals surface area contributed by atoms with Gasteiger partial charge in [0.2, 0.25) is 17.2 Å². The van der Waals surface area contributed by atoms with Gasteiger partial charge < -0.3 is 10.2 Å². The van der Waals surface area contributed by atoms with Crippen LogP contribution in [0.15, 0.2) is 18.2 Å². The molecule has 19 heavy (non-hydrogen) atoms. The van der Waals surface area contributed by atoms with Gasteiger partial charge in [0.25, 0.3) is 0 Å². The van der Waals surface area contributed by atoms with Crippen LogP contribution in [0.25, 0.3) is 0 Å². The molecule has 0 aliphatic rings. The molecule has 8 heteroatoms. The van der Waals surface area contributed by atoms with Gasteiger partial charge in [0.1, 0.15) is 5.82 Å². The Morgan fingerprint density at radius 2 is 1.89 bits per heavy atom. The largest absolute Gasteiger partial charge is 0.347 e. The van der Waals surface area contributed by atoms with E-state index < -0.39 is 5.82 Å². The zero-order valence-corrected chi connectivity index (χ0v) is 11.7. The van der Waals surface area contributed by atoms with Crippen LogP contribution in [0.4, 0.5) is 22.0 Å². The summed E-state index contributed by atoms with van der Waals surface area (Å²) >= 11 is 11.7. The quantitative estimate of drug-likeness (QED) is 0.944. The summed E-state index contributed by atoms with van der Waals surface area (Å²) in [6.07, 6.45) is 0. The highest BCUT2D eigenvalue weighted by Crippen LogP contribution is 2.25. The SMILES string of the molecule is CN(C)c1nc(Cl)nc(Nc2ccc(F)cc2Cl)n1. The highest BCUT2D eigenvalue weighted by atomic mass is 35.5. The van der Waals surface area contributed by atoms with Gasteiger partial charge in [0, 0.05) is 14.1 Å². The first-order valence-electron chi connectivity index (χ1n) is 5.26. The Hall–Kier alpha value is -1.66. The van der Waals surface area contributed by atoms with Gasteiger partial charge in [-0.2, -0.15) is 15.0 Å². The van der Waals surface area contributed by atoms with Crippen molar-refractivity contribution in [3.8, 4) is 0 Å². The minimum atomic E-state index is -0.418. The van der Waals surface area contributed by atoms with Gasteiger partial charge in [-0.05, 0) is 29.8 Å². The van der Waals surface area contributed by atoms with E-state index in [1.54, 1.807) is 19.0 Å². The minimum Gasteiger partial charge on any atom is -0.347 e. The molecule has 2 aromatic rings. The summed E-state index contributed by atoms with van der Waals surface area (Å²) in [5.41, 5.74) is 0.482. The fourth-order valence-corrected chi connectivity index (χ4v) is 1.68. The molecule has 5 nitrogen and oxygen atoms in total. The molecule has 0 aliphatic carbocycles. The molecule has 0 amide bonds. The summed E-state index contributed by atoms with van der Waals surface area (Å²) in [5, 5.41) is 3.14. The summed E-state index contributed by atoms with van der Waals surface area (Å²) < 4.78 is 12.9. The van der Waals surface area contributed by atoms with Crippen molar-refractivity contribution < 1.29 is 4.39 Å². The maximum atomic E-state index is 12.9. The van der Waals surface area contributed by atoms with Crippen molar-refractivity contribution in [1.82, 2.24) is 15.0 Å². The topological polar surface area (TPSA) is 53.9 Å². The minimum absolute atomic E-state index is 0.0550. The fraction of sp³-hybridized carbons (Fsp3) is 0.182. The number of nitrogens with one attached hydrogen (secondary N) is 1. The van der Waals surface area contributed by atoms with Gasteiger partial charge in [-0.15, -0.1) is 0 Å². The van der Waals surface area contributed by atoms with E-state index in [1.807, 2.05) is 0 Å². The van der Waals surface area contributed by atoms with Crippen molar-refractivity contribution in [1.29, 1.82) is 0 Å². The summed E-state index contributed by atoms with van der Waals surface area (Å²) in [6.45, 7) is 0. The molecule has 0 saturated carbocycles. The first kappa shape index (κ1) is 13.8. The lowest BCUT2D eigenvalue weighted by molar-refractivity contribution is 0.628. The zero-order chi connectivity index (χ0) is 14.0. The zero-order valence-electron chi connectivity index (χ0n) is 10.2. The predicted octanol–water partition coefficient (Wildman–Crippen LogP) is 3.13. The lowest BCUT2D eigenvalue weighted by Crippen LogP contribution is -2.14. The Labute approximate surface area is 119 Å². The summed E-state index contributed by atoms with van der Waals surface area (Å²) in [7, 11) is 3.56. The third-order valence-corrected chi connectivity index (χ3v) is 2.66. The Bertz CT molecular complexity index is 606. The molecule has 0 atom stereocenters. The Balaban J connectivity index is 2.32. The number of nitrogens with zero attached hydrogens (tertiary/aromatic N) is 4. The number of aromatic nitrogens is 3. The number of anilines is 3. The Morgan fingerprint density at radius 1 is 1.16 bits per heavy atom. The molecule has 0 spiro atoms. The molecule has 0 unspecified atom stereocenters. The second-order valence-corrected chi connectivity index (χ2v) is 4.62. The third kappa shape index (κ3) is 3.42. The van der Waals surface area contributed by atoms with Crippen LogP contribution in [0.5, 0.6) is 0 Å². The van der Waals surface area contributed by atoms with Crippen LogP contribution < -0.4 is 10.2 Å². The van der Waals surface area contributed by atoms with Gasteiger partial charge in [-0.1, -0.05) is 11.6 Å². The smallest absolute Gasteiger partial charge is 0.233 e. The van der Waals surface area contributed by atoms with Gasteiger partial charge >= 0.3 is 0 Å². The number of hydrogen-bond donors (Lipinski definition) is 1. The lowest BCUT2D eigenvalue weighted by atomic mass is 10.3. The van der Waals surface area contributed by atoms with Gasteiger partial charge in [-0.3, -0.25) is 0 Å². The molecule has 2 rings (SSSR count). The summed E-state index contributed by atoms with van der Waals surface area (Å²) in [5.74, 6) is 0.219. The third-order valence-electron chi connectivity index (χ3n) is 2.17. The number of benzene rings is 1. The van der Waals surface area contributed by atoms with Crippen molar-refractivity contribution in [2.24, 2.45) is 0 Å². The second kappa shape index (κ2) is 5.54. The van der Waals surface area contributed by atoms with Gasteiger partial charge in [0.15, 0.2) is 0 Å². The molecule has 1 aromatic heterocycles. The maximum absolute atomic E-state index is 12.9. The van der Waals surface area contributed by atoms with E-state index in [-0.39, 0.29) is 16.3 Å². The van der Waals surface area contributed by atoms with E-state index in [0.717, 1.165) is 0 Å².